The first kappa shape index (κ1) is 5.96. The summed E-state index contributed by atoms with van der Waals surface area (Å²) in [7, 11) is 0. The Morgan fingerprint density at radius 1 is 1.50 bits per heavy atom. The normalized spacial score (nSPS) is 17.3. The summed E-state index contributed by atoms with van der Waals surface area (Å²) in [5.41, 5.74) is 2.95. The summed E-state index contributed by atoms with van der Waals surface area (Å²) in [5, 5.41) is 0. The zero-order chi connectivity index (χ0) is 6.97. The maximum Gasteiger partial charge on any atom is -0.0159 e. The Morgan fingerprint density at radius 3 is 2.90 bits per heavy atom. The molecule has 0 nitrogen and oxygen atoms in total. The van der Waals surface area contributed by atoms with Crippen molar-refractivity contribution in [3.63, 3.8) is 0 Å². The van der Waals surface area contributed by atoms with Gasteiger partial charge in [0.05, 0.1) is 0 Å². The summed E-state index contributed by atoms with van der Waals surface area (Å²) in [5.74, 6) is 0.873. The van der Waals surface area contributed by atoms with Crippen LogP contribution in [-0.2, 0) is 0 Å². The summed E-state index contributed by atoms with van der Waals surface area (Å²) < 4.78 is 0. The lowest BCUT2D eigenvalue weighted by Crippen LogP contribution is -1.82. The van der Waals surface area contributed by atoms with Crippen molar-refractivity contribution in [2.75, 3.05) is 0 Å². The Labute approximate surface area is 61.9 Å². The molecule has 0 aliphatic heterocycles. The first-order chi connectivity index (χ1) is 4.88. The lowest BCUT2D eigenvalue weighted by atomic mass is 10.1. The minimum atomic E-state index is 0.873. The molecule has 1 radical (unpaired) electrons. The summed E-state index contributed by atoms with van der Waals surface area (Å²) in [6, 6.07) is 9.39. The largest absolute Gasteiger partial charge is 0.0584 e. The maximum absolute atomic E-state index is 3.12. The standard InChI is InChI=1S/C10H11/c1-8-4-2-3-5-10(8)9-6-7-9/h2,4-5,9H,6-7H2,1H3. The highest BCUT2D eigenvalue weighted by atomic mass is 14.3. The summed E-state index contributed by atoms with van der Waals surface area (Å²) in [4.78, 5) is 0. The molecule has 1 saturated carbocycles. The van der Waals surface area contributed by atoms with Gasteiger partial charge in [-0.05, 0) is 42.9 Å². The molecule has 51 valence electrons. The molecule has 0 heterocycles. The number of hydrogen-bond donors (Lipinski definition) is 0. The van der Waals surface area contributed by atoms with Gasteiger partial charge < -0.3 is 0 Å². The van der Waals surface area contributed by atoms with Gasteiger partial charge >= 0.3 is 0 Å². The second-order valence-corrected chi connectivity index (χ2v) is 3.06. The third-order valence-electron chi connectivity index (χ3n) is 2.14. The fourth-order valence-electron chi connectivity index (χ4n) is 1.36. The van der Waals surface area contributed by atoms with Crippen LogP contribution in [0.4, 0.5) is 0 Å². The SMILES string of the molecule is Cc1cc[c]cc1C1CC1. The summed E-state index contributed by atoms with van der Waals surface area (Å²) in [6.45, 7) is 2.18. The zero-order valence-corrected chi connectivity index (χ0v) is 6.22. The molecule has 0 heteroatoms. The molecule has 1 aliphatic carbocycles. The van der Waals surface area contributed by atoms with Gasteiger partial charge in [-0.15, -0.1) is 0 Å². The molecule has 1 aliphatic rings. The van der Waals surface area contributed by atoms with Crippen molar-refractivity contribution in [1.29, 1.82) is 0 Å². The molecule has 2 rings (SSSR count). The molecular formula is C10H11. The van der Waals surface area contributed by atoms with Gasteiger partial charge in [-0.2, -0.15) is 0 Å². The lowest BCUT2D eigenvalue weighted by Gasteiger charge is -2.00. The van der Waals surface area contributed by atoms with Crippen LogP contribution in [0, 0.1) is 13.0 Å². The van der Waals surface area contributed by atoms with Gasteiger partial charge in [0.25, 0.3) is 0 Å². The maximum atomic E-state index is 3.12. The zero-order valence-electron chi connectivity index (χ0n) is 6.22. The van der Waals surface area contributed by atoms with Crippen LogP contribution in [0.3, 0.4) is 0 Å². The molecule has 10 heavy (non-hydrogen) atoms. The van der Waals surface area contributed by atoms with Crippen molar-refractivity contribution in [2.24, 2.45) is 0 Å². The van der Waals surface area contributed by atoms with E-state index in [1.54, 1.807) is 0 Å². The fraction of sp³-hybridized carbons (Fsp3) is 0.400. The molecule has 0 spiro atoms. The molecule has 0 atom stereocenters. The Morgan fingerprint density at radius 2 is 2.30 bits per heavy atom. The number of rotatable bonds is 1. The van der Waals surface area contributed by atoms with Crippen molar-refractivity contribution in [3.05, 3.63) is 35.4 Å². The third kappa shape index (κ3) is 0.942. The van der Waals surface area contributed by atoms with Gasteiger partial charge in [0.15, 0.2) is 0 Å². The first-order valence-corrected chi connectivity index (χ1v) is 3.84. The van der Waals surface area contributed by atoms with Crippen LogP contribution in [0.15, 0.2) is 18.2 Å². The van der Waals surface area contributed by atoms with E-state index in [1.807, 2.05) is 6.07 Å². The molecule has 1 fully saturated rings. The van der Waals surface area contributed by atoms with E-state index in [0.717, 1.165) is 5.92 Å². The van der Waals surface area contributed by atoms with Gasteiger partial charge in [-0.25, -0.2) is 0 Å². The Hall–Kier alpha value is -0.780. The summed E-state index contributed by atoms with van der Waals surface area (Å²) in [6.07, 6.45) is 2.78. The van der Waals surface area contributed by atoms with E-state index in [2.05, 4.69) is 25.1 Å². The number of benzene rings is 1. The van der Waals surface area contributed by atoms with E-state index in [-0.39, 0.29) is 0 Å². The van der Waals surface area contributed by atoms with E-state index in [4.69, 9.17) is 0 Å². The summed E-state index contributed by atoms with van der Waals surface area (Å²) >= 11 is 0. The van der Waals surface area contributed by atoms with Crippen LogP contribution in [0.5, 0.6) is 0 Å². The Balaban J connectivity index is 2.39. The van der Waals surface area contributed by atoms with Crippen molar-refractivity contribution in [3.8, 4) is 0 Å². The lowest BCUT2D eigenvalue weighted by molar-refractivity contribution is 1.10. The van der Waals surface area contributed by atoms with Crippen LogP contribution < -0.4 is 0 Å². The second-order valence-electron chi connectivity index (χ2n) is 3.06. The minimum Gasteiger partial charge on any atom is -0.0584 e. The monoisotopic (exact) mass is 131 g/mol. The van der Waals surface area contributed by atoms with Gasteiger partial charge in [0, 0.05) is 0 Å². The molecular weight excluding hydrogens is 120 g/mol. The second kappa shape index (κ2) is 2.12. The predicted octanol–water partition coefficient (Wildman–Crippen LogP) is 2.67. The molecule has 0 amide bonds. The van der Waals surface area contributed by atoms with E-state index < -0.39 is 0 Å². The van der Waals surface area contributed by atoms with Crippen LogP contribution in [-0.4, -0.2) is 0 Å². The number of hydrogen-bond acceptors (Lipinski definition) is 0. The van der Waals surface area contributed by atoms with Crippen molar-refractivity contribution < 1.29 is 0 Å². The average Bonchev–Trinajstić information content (AvgIpc) is 2.71. The van der Waals surface area contributed by atoms with Crippen molar-refractivity contribution in [2.45, 2.75) is 25.7 Å². The molecule has 0 saturated heterocycles. The van der Waals surface area contributed by atoms with Crippen LogP contribution >= 0.6 is 0 Å². The van der Waals surface area contributed by atoms with Gasteiger partial charge in [0.1, 0.15) is 0 Å². The van der Waals surface area contributed by atoms with Crippen LogP contribution in [0.1, 0.15) is 29.9 Å². The molecule has 0 N–H and O–H groups in total. The highest BCUT2D eigenvalue weighted by Gasteiger charge is 2.24. The first-order valence-electron chi connectivity index (χ1n) is 3.84. The molecule has 1 aromatic rings. The topological polar surface area (TPSA) is 0 Å². The quantitative estimate of drug-likeness (QED) is 0.549. The highest BCUT2D eigenvalue weighted by Crippen LogP contribution is 2.41. The van der Waals surface area contributed by atoms with E-state index in [1.165, 1.54) is 24.0 Å². The van der Waals surface area contributed by atoms with Gasteiger partial charge in [-0.1, -0.05) is 18.2 Å². The highest BCUT2D eigenvalue weighted by molar-refractivity contribution is 5.31. The Bertz CT molecular complexity index is 234. The molecule has 0 unspecified atom stereocenters. The van der Waals surface area contributed by atoms with Crippen LogP contribution in [0.25, 0.3) is 0 Å². The van der Waals surface area contributed by atoms with Gasteiger partial charge in [0.2, 0.25) is 0 Å². The molecule has 1 aromatic carbocycles. The Kier molecular flexibility index (Phi) is 1.26. The van der Waals surface area contributed by atoms with Crippen molar-refractivity contribution >= 4 is 0 Å². The predicted molar refractivity (Wildman–Crippen MR) is 42.0 cm³/mol. The molecule has 0 bridgehead atoms. The third-order valence-corrected chi connectivity index (χ3v) is 2.14. The fourth-order valence-corrected chi connectivity index (χ4v) is 1.36. The van der Waals surface area contributed by atoms with Crippen molar-refractivity contribution in [1.82, 2.24) is 0 Å². The number of aryl methyl sites for hydroxylation is 1. The van der Waals surface area contributed by atoms with E-state index in [9.17, 15) is 0 Å². The van der Waals surface area contributed by atoms with Gasteiger partial charge in [-0.3, -0.25) is 0 Å². The van der Waals surface area contributed by atoms with Crippen LogP contribution in [0.2, 0.25) is 0 Å². The smallest absolute Gasteiger partial charge is 0.0159 e. The minimum absolute atomic E-state index is 0.873. The average molecular weight is 131 g/mol. The van der Waals surface area contributed by atoms with E-state index >= 15 is 0 Å². The molecule has 0 aromatic heterocycles. The van der Waals surface area contributed by atoms with E-state index in [0.29, 0.717) is 0 Å².